The summed E-state index contributed by atoms with van der Waals surface area (Å²) in [4.78, 5) is 23.1. The second-order valence-corrected chi connectivity index (χ2v) is 4.37. The molecule has 0 aliphatic rings. The van der Waals surface area contributed by atoms with Crippen LogP contribution in [0.4, 0.5) is 0 Å². The van der Waals surface area contributed by atoms with Crippen LogP contribution in [0.3, 0.4) is 0 Å². The van der Waals surface area contributed by atoms with Crippen molar-refractivity contribution in [3.8, 4) is 6.07 Å². The Hall–Kier alpha value is -2.35. The van der Waals surface area contributed by atoms with Gasteiger partial charge < -0.3 is 10.6 Å². The highest BCUT2D eigenvalue weighted by atomic mass is 16.2. The van der Waals surface area contributed by atoms with E-state index in [1.807, 2.05) is 43.3 Å². The molecule has 20 heavy (non-hydrogen) atoms. The zero-order valence-corrected chi connectivity index (χ0v) is 11.6. The fraction of sp³-hybridized carbons (Fsp3) is 0.400. The highest BCUT2D eigenvalue weighted by Crippen LogP contribution is 2.08. The fourth-order valence-corrected chi connectivity index (χ4v) is 1.75. The topological polar surface area (TPSA) is 82.0 Å². The van der Waals surface area contributed by atoms with Gasteiger partial charge in [0.05, 0.1) is 6.07 Å². The molecule has 106 valence electrons. The number of carbonyl (C=O) groups is 2. The first-order valence-corrected chi connectivity index (χ1v) is 6.65. The molecule has 2 amide bonds. The van der Waals surface area contributed by atoms with Crippen LogP contribution in [-0.4, -0.2) is 24.9 Å². The summed E-state index contributed by atoms with van der Waals surface area (Å²) in [5, 5.41) is 14.3. The summed E-state index contributed by atoms with van der Waals surface area (Å²) in [5.41, 5.74) is 0.943. The van der Waals surface area contributed by atoms with Crippen molar-refractivity contribution in [1.82, 2.24) is 10.6 Å². The third kappa shape index (κ3) is 5.53. The van der Waals surface area contributed by atoms with Gasteiger partial charge in [0.15, 0.2) is 0 Å². The van der Waals surface area contributed by atoms with Crippen LogP contribution in [0.5, 0.6) is 0 Å². The number of nitriles is 1. The van der Waals surface area contributed by atoms with Gasteiger partial charge in [0, 0.05) is 19.5 Å². The average Bonchev–Trinajstić information content (AvgIpc) is 2.46. The van der Waals surface area contributed by atoms with E-state index in [9.17, 15) is 9.59 Å². The Morgan fingerprint density at radius 2 is 1.95 bits per heavy atom. The van der Waals surface area contributed by atoms with Gasteiger partial charge in [-0.15, -0.1) is 0 Å². The van der Waals surface area contributed by atoms with Crippen LogP contribution in [0.2, 0.25) is 0 Å². The lowest BCUT2D eigenvalue weighted by Crippen LogP contribution is -2.34. The van der Waals surface area contributed by atoms with Crippen LogP contribution < -0.4 is 10.6 Å². The number of hydrogen-bond acceptors (Lipinski definition) is 3. The molecule has 5 heteroatoms. The van der Waals surface area contributed by atoms with E-state index in [2.05, 4.69) is 10.6 Å². The van der Waals surface area contributed by atoms with E-state index in [0.29, 0.717) is 13.0 Å². The molecule has 0 fully saturated rings. The van der Waals surface area contributed by atoms with Crippen LogP contribution in [0.15, 0.2) is 30.3 Å². The Balaban J connectivity index is 2.40. The van der Waals surface area contributed by atoms with Crippen molar-refractivity contribution < 1.29 is 9.59 Å². The van der Waals surface area contributed by atoms with Crippen LogP contribution >= 0.6 is 0 Å². The third-order valence-corrected chi connectivity index (χ3v) is 2.78. The largest absolute Gasteiger partial charge is 0.356 e. The van der Waals surface area contributed by atoms with Crippen molar-refractivity contribution in [3.63, 3.8) is 0 Å². The molecular formula is C15H19N3O2. The number of rotatable bonds is 7. The first kappa shape index (κ1) is 15.7. The number of nitrogens with one attached hydrogen (secondary N) is 2. The van der Waals surface area contributed by atoms with Gasteiger partial charge in [0.2, 0.25) is 11.8 Å². The minimum absolute atomic E-state index is 0.107. The lowest BCUT2D eigenvalue weighted by Gasteiger charge is -2.10. The summed E-state index contributed by atoms with van der Waals surface area (Å²) in [6, 6.07) is 11.4. The fourth-order valence-electron chi connectivity index (χ4n) is 1.75. The van der Waals surface area contributed by atoms with E-state index in [-0.39, 0.29) is 24.8 Å². The Labute approximate surface area is 119 Å². The number of hydrogen-bond donors (Lipinski definition) is 2. The van der Waals surface area contributed by atoms with E-state index in [1.54, 1.807) is 0 Å². The smallest absolute Gasteiger partial charge is 0.237 e. The number of nitrogens with zero attached hydrogens (tertiary/aromatic N) is 1. The molecule has 5 nitrogen and oxygen atoms in total. The van der Waals surface area contributed by atoms with Crippen molar-refractivity contribution >= 4 is 11.8 Å². The van der Waals surface area contributed by atoms with Crippen LogP contribution in [0.1, 0.15) is 18.9 Å². The molecular weight excluding hydrogens is 254 g/mol. The minimum Gasteiger partial charge on any atom is -0.356 e. The normalized spacial score (nSPS) is 11.2. The molecule has 1 aromatic carbocycles. The van der Waals surface area contributed by atoms with Gasteiger partial charge in [0.25, 0.3) is 0 Å². The summed E-state index contributed by atoms with van der Waals surface area (Å²) in [5.74, 6) is -1.17. The first-order valence-electron chi connectivity index (χ1n) is 6.65. The molecule has 1 rings (SSSR count). The summed E-state index contributed by atoms with van der Waals surface area (Å²) in [6.07, 6.45) is 0.605. The summed E-state index contributed by atoms with van der Waals surface area (Å²) in [7, 11) is 0. The van der Waals surface area contributed by atoms with Gasteiger partial charge >= 0.3 is 0 Å². The lowest BCUT2D eigenvalue weighted by atomic mass is 10.00. The number of carbonyl (C=O) groups excluding carboxylic acids is 2. The van der Waals surface area contributed by atoms with Crippen molar-refractivity contribution in [1.29, 1.82) is 5.26 Å². The molecule has 0 heterocycles. The Bertz CT molecular complexity index is 480. The molecule has 2 N–H and O–H groups in total. The van der Waals surface area contributed by atoms with Gasteiger partial charge in [-0.2, -0.15) is 5.26 Å². The molecule has 1 aromatic rings. The van der Waals surface area contributed by atoms with E-state index in [4.69, 9.17) is 5.26 Å². The summed E-state index contributed by atoms with van der Waals surface area (Å²) >= 11 is 0. The van der Waals surface area contributed by atoms with Gasteiger partial charge in [-0.1, -0.05) is 30.3 Å². The van der Waals surface area contributed by atoms with Gasteiger partial charge in [0.1, 0.15) is 5.92 Å². The van der Waals surface area contributed by atoms with Crippen LogP contribution in [-0.2, 0) is 16.0 Å². The quantitative estimate of drug-likeness (QED) is 0.778. The molecule has 0 aliphatic heterocycles. The van der Waals surface area contributed by atoms with Gasteiger partial charge in [-0.3, -0.25) is 9.59 Å². The average molecular weight is 273 g/mol. The SMILES string of the molecule is CCNC(=O)CCNC(=O)C(C#N)Cc1ccccc1. The second kappa shape index (κ2) is 8.70. The Kier molecular flexibility index (Phi) is 6.83. The van der Waals surface area contributed by atoms with Crippen molar-refractivity contribution in [3.05, 3.63) is 35.9 Å². The zero-order chi connectivity index (χ0) is 14.8. The predicted octanol–water partition coefficient (Wildman–Crippen LogP) is 1.01. The molecule has 0 saturated carbocycles. The maximum atomic E-state index is 11.9. The molecule has 0 spiro atoms. The third-order valence-electron chi connectivity index (χ3n) is 2.78. The van der Waals surface area contributed by atoms with Crippen molar-refractivity contribution in [2.24, 2.45) is 5.92 Å². The highest BCUT2D eigenvalue weighted by molar-refractivity contribution is 5.82. The molecule has 0 aromatic heterocycles. The Morgan fingerprint density at radius 3 is 2.55 bits per heavy atom. The predicted molar refractivity (Wildman–Crippen MR) is 75.6 cm³/mol. The lowest BCUT2D eigenvalue weighted by molar-refractivity contribution is -0.123. The maximum Gasteiger partial charge on any atom is 0.237 e. The van der Waals surface area contributed by atoms with E-state index >= 15 is 0 Å². The van der Waals surface area contributed by atoms with Gasteiger partial charge in [-0.25, -0.2) is 0 Å². The second-order valence-electron chi connectivity index (χ2n) is 4.37. The maximum absolute atomic E-state index is 11.9. The molecule has 0 saturated heterocycles. The van der Waals surface area contributed by atoms with Crippen molar-refractivity contribution in [2.45, 2.75) is 19.8 Å². The van der Waals surface area contributed by atoms with E-state index in [0.717, 1.165) is 5.56 Å². The molecule has 1 atom stereocenters. The van der Waals surface area contributed by atoms with Crippen molar-refractivity contribution in [2.75, 3.05) is 13.1 Å². The number of benzene rings is 1. The Morgan fingerprint density at radius 1 is 1.25 bits per heavy atom. The van der Waals surface area contributed by atoms with E-state index in [1.165, 1.54) is 0 Å². The van der Waals surface area contributed by atoms with E-state index < -0.39 is 5.92 Å². The molecule has 0 aliphatic carbocycles. The molecule has 0 bridgehead atoms. The summed E-state index contributed by atoms with van der Waals surface area (Å²) in [6.45, 7) is 2.65. The molecule has 1 unspecified atom stereocenters. The van der Waals surface area contributed by atoms with Gasteiger partial charge in [-0.05, 0) is 18.9 Å². The zero-order valence-electron chi connectivity index (χ0n) is 11.6. The number of amides is 2. The monoisotopic (exact) mass is 273 g/mol. The molecule has 0 radical (unpaired) electrons. The summed E-state index contributed by atoms with van der Waals surface area (Å²) < 4.78 is 0. The first-order chi connectivity index (χ1) is 9.67. The minimum atomic E-state index is -0.730. The van der Waals surface area contributed by atoms with Crippen LogP contribution in [0.25, 0.3) is 0 Å². The van der Waals surface area contributed by atoms with Crippen LogP contribution in [0, 0.1) is 17.2 Å². The highest BCUT2D eigenvalue weighted by Gasteiger charge is 2.18. The standard InChI is InChI=1S/C15H19N3O2/c1-2-17-14(19)8-9-18-15(20)13(11-16)10-12-6-4-3-5-7-12/h3-7,13H,2,8-10H2,1H3,(H,17,19)(H,18,20).